The number of amides is 1. The summed E-state index contributed by atoms with van der Waals surface area (Å²) >= 11 is 1.57. The van der Waals surface area contributed by atoms with Crippen molar-refractivity contribution in [1.82, 2.24) is 4.90 Å². The Labute approximate surface area is 123 Å². The minimum atomic E-state index is -4.65. The van der Waals surface area contributed by atoms with E-state index in [2.05, 4.69) is 0 Å². The van der Waals surface area contributed by atoms with Gasteiger partial charge in [0.25, 0.3) is 5.91 Å². The van der Waals surface area contributed by atoms with Crippen molar-refractivity contribution in [2.24, 2.45) is 0 Å². The molecule has 21 heavy (non-hydrogen) atoms. The molecule has 0 aliphatic carbocycles. The lowest BCUT2D eigenvalue weighted by Gasteiger charge is -2.22. The number of halogens is 3. The number of hydrogen-bond acceptors (Lipinski definition) is 3. The molecule has 0 aromatic heterocycles. The first-order valence-electron chi connectivity index (χ1n) is 5.88. The van der Waals surface area contributed by atoms with Crippen LogP contribution in [0.1, 0.15) is 15.9 Å². The molecular formula is C13H14F3NO3S. The van der Waals surface area contributed by atoms with Gasteiger partial charge >= 0.3 is 12.1 Å². The maximum absolute atomic E-state index is 12.4. The summed E-state index contributed by atoms with van der Waals surface area (Å²) < 4.78 is 37.2. The Kier molecular flexibility index (Phi) is 6.07. The molecule has 1 aromatic carbocycles. The highest BCUT2D eigenvalue weighted by molar-refractivity contribution is 7.97. The van der Waals surface area contributed by atoms with Gasteiger partial charge in [0, 0.05) is 11.3 Å². The second-order valence-electron chi connectivity index (χ2n) is 4.30. The van der Waals surface area contributed by atoms with E-state index in [1.807, 2.05) is 6.26 Å². The van der Waals surface area contributed by atoms with Crippen molar-refractivity contribution >= 4 is 23.6 Å². The fraction of sp³-hybridized carbons (Fsp3) is 0.385. The first-order valence-corrected chi connectivity index (χ1v) is 7.28. The monoisotopic (exact) mass is 321 g/mol. The Hall–Kier alpha value is -1.70. The Bertz CT molecular complexity index is 502. The highest BCUT2D eigenvalue weighted by atomic mass is 32.2. The lowest BCUT2D eigenvalue weighted by atomic mass is 10.1. The largest absolute Gasteiger partial charge is 0.480 e. The summed E-state index contributed by atoms with van der Waals surface area (Å²) in [5.74, 6) is -1.73. The first kappa shape index (κ1) is 17.4. The molecule has 0 aliphatic heterocycles. The Morgan fingerprint density at radius 3 is 2.24 bits per heavy atom. The van der Waals surface area contributed by atoms with Crippen LogP contribution in [0.4, 0.5) is 13.2 Å². The third-order valence-corrected chi connectivity index (χ3v) is 3.12. The summed E-state index contributed by atoms with van der Waals surface area (Å²) in [6.45, 7) is -2.59. The van der Waals surface area contributed by atoms with Crippen LogP contribution >= 0.6 is 11.8 Å². The molecule has 0 bridgehead atoms. The molecule has 0 radical (unpaired) electrons. The van der Waals surface area contributed by atoms with Gasteiger partial charge < -0.3 is 10.0 Å². The number of thioether (sulfide) groups is 1. The first-order chi connectivity index (χ1) is 9.73. The summed E-state index contributed by atoms with van der Waals surface area (Å²) in [7, 11) is 0. The minimum absolute atomic E-state index is 0.0327. The van der Waals surface area contributed by atoms with Gasteiger partial charge in [0.2, 0.25) is 0 Å². The standard InChI is InChI=1S/C13H14F3NO3S/c1-21-7-9-2-4-10(5-3-9)12(20)17(6-11(18)19)8-13(14,15)16/h2-5H,6-8H2,1H3,(H,18,19). The van der Waals surface area contributed by atoms with Crippen molar-refractivity contribution in [3.05, 3.63) is 35.4 Å². The van der Waals surface area contributed by atoms with Gasteiger partial charge in [-0.2, -0.15) is 24.9 Å². The van der Waals surface area contributed by atoms with E-state index >= 15 is 0 Å². The van der Waals surface area contributed by atoms with Crippen molar-refractivity contribution in [2.45, 2.75) is 11.9 Å². The van der Waals surface area contributed by atoms with Crippen molar-refractivity contribution < 1.29 is 27.9 Å². The van der Waals surface area contributed by atoms with Crippen LogP contribution in [0.15, 0.2) is 24.3 Å². The fourth-order valence-electron chi connectivity index (χ4n) is 1.67. The molecule has 8 heteroatoms. The number of aliphatic carboxylic acids is 1. The van der Waals surface area contributed by atoms with Crippen LogP contribution in [0.2, 0.25) is 0 Å². The van der Waals surface area contributed by atoms with Gasteiger partial charge in [0.05, 0.1) is 0 Å². The van der Waals surface area contributed by atoms with Gasteiger partial charge in [0.1, 0.15) is 13.1 Å². The lowest BCUT2D eigenvalue weighted by Crippen LogP contribution is -2.42. The Balaban J connectivity index is 2.90. The molecule has 0 fully saturated rings. The summed E-state index contributed by atoms with van der Waals surface area (Å²) in [5.41, 5.74) is 0.963. The maximum Gasteiger partial charge on any atom is 0.406 e. The summed E-state index contributed by atoms with van der Waals surface area (Å²) in [4.78, 5) is 22.9. The number of carboxylic acid groups (broad SMARTS) is 1. The molecule has 0 atom stereocenters. The van der Waals surface area contributed by atoms with E-state index in [4.69, 9.17) is 5.11 Å². The number of carboxylic acids is 1. The second-order valence-corrected chi connectivity index (χ2v) is 5.17. The van der Waals surface area contributed by atoms with Crippen LogP contribution in [-0.2, 0) is 10.5 Å². The van der Waals surface area contributed by atoms with Gasteiger partial charge in [-0.15, -0.1) is 0 Å². The van der Waals surface area contributed by atoms with E-state index in [1.165, 1.54) is 12.1 Å². The van der Waals surface area contributed by atoms with Crippen LogP contribution in [-0.4, -0.2) is 47.4 Å². The lowest BCUT2D eigenvalue weighted by molar-refractivity contribution is -0.149. The summed E-state index contributed by atoms with van der Waals surface area (Å²) in [6, 6.07) is 6.07. The van der Waals surface area contributed by atoms with Crippen LogP contribution in [0.25, 0.3) is 0 Å². The third kappa shape index (κ3) is 6.07. The molecule has 0 saturated heterocycles. The van der Waals surface area contributed by atoms with E-state index in [0.717, 1.165) is 11.3 Å². The number of alkyl halides is 3. The van der Waals surface area contributed by atoms with Crippen LogP contribution in [0.3, 0.4) is 0 Å². The predicted molar refractivity (Wildman–Crippen MR) is 73.3 cm³/mol. The second kappa shape index (κ2) is 7.35. The van der Waals surface area contributed by atoms with Crippen LogP contribution < -0.4 is 0 Å². The molecule has 116 valence electrons. The Morgan fingerprint density at radius 2 is 1.81 bits per heavy atom. The quantitative estimate of drug-likeness (QED) is 0.875. The molecule has 0 spiro atoms. The van der Waals surface area contributed by atoms with E-state index in [1.54, 1.807) is 23.9 Å². The maximum atomic E-state index is 12.4. The average molecular weight is 321 g/mol. The number of nitrogens with zero attached hydrogens (tertiary/aromatic N) is 1. The van der Waals surface area contributed by atoms with Gasteiger partial charge in [-0.3, -0.25) is 9.59 Å². The molecule has 4 nitrogen and oxygen atoms in total. The molecule has 1 amide bonds. The summed E-state index contributed by atoms with van der Waals surface area (Å²) in [5, 5.41) is 8.63. The van der Waals surface area contributed by atoms with E-state index < -0.39 is 31.1 Å². The third-order valence-electron chi connectivity index (χ3n) is 2.50. The van der Waals surface area contributed by atoms with Crippen LogP contribution in [0.5, 0.6) is 0 Å². The van der Waals surface area contributed by atoms with Gasteiger partial charge in [-0.25, -0.2) is 0 Å². The van der Waals surface area contributed by atoms with Gasteiger partial charge in [-0.05, 0) is 24.0 Å². The van der Waals surface area contributed by atoms with Crippen molar-refractivity contribution in [3.63, 3.8) is 0 Å². The molecule has 1 N–H and O–H groups in total. The molecule has 0 saturated carbocycles. The molecular weight excluding hydrogens is 307 g/mol. The Morgan fingerprint density at radius 1 is 1.24 bits per heavy atom. The molecule has 0 heterocycles. The molecule has 1 aromatic rings. The van der Waals surface area contributed by atoms with E-state index in [9.17, 15) is 22.8 Å². The normalized spacial score (nSPS) is 11.2. The highest BCUT2D eigenvalue weighted by Gasteiger charge is 2.34. The number of benzene rings is 1. The van der Waals surface area contributed by atoms with E-state index in [0.29, 0.717) is 0 Å². The fourth-order valence-corrected chi connectivity index (χ4v) is 2.20. The van der Waals surface area contributed by atoms with Crippen molar-refractivity contribution in [1.29, 1.82) is 0 Å². The van der Waals surface area contributed by atoms with Crippen molar-refractivity contribution in [3.8, 4) is 0 Å². The highest BCUT2D eigenvalue weighted by Crippen LogP contribution is 2.19. The molecule has 0 unspecified atom stereocenters. The zero-order valence-electron chi connectivity index (χ0n) is 11.2. The molecule has 0 aliphatic rings. The van der Waals surface area contributed by atoms with Gasteiger partial charge in [-0.1, -0.05) is 12.1 Å². The average Bonchev–Trinajstić information content (AvgIpc) is 2.36. The zero-order chi connectivity index (χ0) is 16.0. The zero-order valence-corrected chi connectivity index (χ0v) is 12.0. The number of carbonyl (C=O) groups is 2. The van der Waals surface area contributed by atoms with Gasteiger partial charge in [0.15, 0.2) is 0 Å². The van der Waals surface area contributed by atoms with Crippen molar-refractivity contribution in [2.75, 3.05) is 19.3 Å². The number of hydrogen-bond donors (Lipinski definition) is 1. The number of carbonyl (C=O) groups excluding carboxylic acids is 1. The topological polar surface area (TPSA) is 57.6 Å². The molecule has 1 rings (SSSR count). The predicted octanol–water partition coefficient (Wildman–Crippen LogP) is 2.64. The smallest absolute Gasteiger partial charge is 0.406 e. The number of rotatable bonds is 6. The summed E-state index contributed by atoms with van der Waals surface area (Å²) in [6.07, 6.45) is -2.75. The SMILES string of the molecule is CSCc1ccc(C(=O)N(CC(=O)O)CC(F)(F)F)cc1. The minimum Gasteiger partial charge on any atom is -0.480 e. The van der Waals surface area contributed by atoms with Crippen LogP contribution in [0, 0.1) is 0 Å². The van der Waals surface area contributed by atoms with E-state index in [-0.39, 0.29) is 10.5 Å².